The lowest BCUT2D eigenvalue weighted by Gasteiger charge is -2.38. The molecule has 0 saturated carbocycles. The van der Waals surface area contributed by atoms with Crippen LogP contribution in [0.25, 0.3) is 0 Å². The summed E-state index contributed by atoms with van der Waals surface area (Å²) in [5.74, 6) is 0.155. The van der Waals surface area contributed by atoms with Crippen LogP contribution < -0.4 is 0 Å². The normalized spacial score (nSPS) is 20.4. The fourth-order valence-corrected chi connectivity index (χ4v) is 2.73. The van der Waals surface area contributed by atoms with Gasteiger partial charge in [0.15, 0.2) is 0 Å². The Labute approximate surface area is 122 Å². The summed E-state index contributed by atoms with van der Waals surface area (Å²) in [6, 6.07) is 8.28. The van der Waals surface area contributed by atoms with Gasteiger partial charge < -0.3 is 14.7 Å². The number of rotatable bonds is 3. The Morgan fingerprint density at radius 3 is 2.45 bits per heavy atom. The average molecular weight is 275 g/mol. The first-order chi connectivity index (χ1) is 9.47. The zero-order chi connectivity index (χ0) is 14.7. The molecular formula is C16H25N3O. The van der Waals surface area contributed by atoms with E-state index in [4.69, 9.17) is 0 Å². The van der Waals surface area contributed by atoms with Gasteiger partial charge in [0, 0.05) is 37.8 Å². The molecule has 0 spiro atoms. The third kappa shape index (κ3) is 3.58. The maximum atomic E-state index is 12.5. The van der Waals surface area contributed by atoms with Gasteiger partial charge in [-0.25, -0.2) is 0 Å². The molecule has 4 heteroatoms. The number of benzene rings is 1. The van der Waals surface area contributed by atoms with Crippen LogP contribution in [0.4, 0.5) is 0 Å². The number of hydrogen-bond acceptors (Lipinski definition) is 3. The maximum Gasteiger partial charge on any atom is 0.254 e. The van der Waals surface area contributed by atoms with Crippen LogP contribution in [0.5, 0.6) is 0 Å². The minimum absolute atomic E-state index is 0.155. The van der Waals surface area contributed by atoms with E-state index >= 15 is 0 Å². The first kappa shape index (κ1) is 15.0. The highest BCUT2D eigenvalue weighted by molar-refractivity contribution is 5.94. The van der Waals surface area contributed by atoms with Gasteiger partial charge in [0.2, 0.25) is 0 Å². The molecule has 1 aromatic rings. The van der Waals surface area contributed by atoms with E-state index in [9.17, 15) is 4.79 Å². The molecule has 1 saturated heterocycles. The predicted molar refractivity (Wildman–Crippen MR) is 81.8 cm³/mol. The summed E-state index contributed by atoms with van der Waals surface area (Å²) in [5, 5.41) is 0. The van der Waals surface area contributed by atoms with Crippen LogP contribution in [0.15, 0.2) is 24.3 Å². The van der Waals surface area contributed by atoms with Crippen molar-refractivity contribution >= 4 is 5.91 Å². The van der Waals surface area contributed by atoms with E-state index in [1.165, 1.54) is 5.56 Å². The largest absolute Gasteiger partial charge is 0.333 e. The van der Waals surface area contributed by atoms with Crippen molar-refractivity contribution in [2.24, 2.45) is 0 Å². The molecule has 0 N–H and O–H groups in total. The molecule has 1 aliphatic heterocycles. The second kappa shape index (κ2) is 6.37. The number of likely N-dealkylation sites (N-methyl/N-ethyl adjacent to an activating group) is 1. The first-order valence-corrected chi connectivity index (χ1v) is 7.20. The molecule has 0 bridgehead atoms. The van der Waals surface area contributed by atoms with Crippen LogP contribution in [0, 0.1) is 0 Å². The second-order valence-corrected chi connectivity index (χ2v) is 6.04. The Hall–Kier alpha value is -1.39. The van der Waals surface area contributed by atoms with E-state index in [1.54, 1.807) is 0 Å². The lowest BCUT2D eigenvalue weighted by Crippen LogP contribution is -2.52. The Morgan fingerprint density at radius 1 is 1.25 bits per heavy atom. The number of nitrogens with zero attached hydrogens (tertiary/aromatic N) is 3. The molecule has 1 heterocycles. The molecule has 1 aliphatic rings. The number of piperazine rings is 1. The van der Waals surface area contributed by atoms with Crippen molar-refractivity contribution in [1.29, 1.82) is 0 Å². The zero-order valence-corrected chi connectivity index (χ0v) is 13.0. The Morgan fingerprint density at radius 2 is 1.90 bits per heavy atom. The van der Waals surface area contributed by atoms with E-state index in [0.29, 0.717) is 0 Å². The molecule has 1 unspecified atom stereocenters. The highest BCUT2D eigenvalue weighted by Gasteiger charge is 2.26. The van der Waals surface area contributed by atoms with Gasteiger partial charge in [0.1, 0.15) is 0 Å². The van der Waals surface area contributed by atoms with Crippen molar-refractivity contribution in [2.75, 3.05) is 40.8 Å². The summed E-state index contributed by atoms with van der Waals surface area (Å²) < 4.78 is 0. The van der Waals surface area contributed by atoms with Crippen molar-refractivity contribution in [2.45, 2.75) is 19.5 Å². The summed E-state index contributed by atoms with van der Waals surface area (Å²) in [6.45, 7) is 5.74. The zero-order valence-electron chi connectivity index (χ0n) is 13.0. The molecule has 4 nitrogen and oxygen atoms in total. The molecule has 110 valence electrons. The highest BCUT2D eigenvalue weighted by atomic mass is 16.2. The number of carbonyl (C=O) groups is 1. The molecule has 1 amide bonds. The van der Waals surface area contributed by atoms with Crippen LogP contribution in [0.3, 0.4) is 0 Å². The Bertz CT molecular complexity index is 455. The van der Waals surface area contributed by atoms with Crippen molar-refractivity contribution in [3.05, 3.63) is 35.4 Å². The van der Waals surface area contributed by atoms with Gasteiger partial charge in [-0.1, -0.05) is 12.1 Å². The van der Waals surface area contributed by atoms with Crippen LogP contribution in [-0.4, -0.2) is 67.4 Å². The van der Waals surface area contributed by atoms with Gasteiger partial charge in [-0.2, -0.15) is 0 Å². The highest BCUT2D eigenvalue weighted by Crippen LogP contribution is 2.14. The standard InChI is InChI=1S/C16H25N3O/c1-13-11-18(4)9-10-19(13)16(20)15-7-5-14(6-8-15)12-17(2)3/h5-8,13H,9-12H2,1-4H3. The SMILES string of the molecule is CC1CN(C)CCN1C(=O)c1ccc(CN(C)C)cc1. The summed E-state index contributed by atoms with van der Waals surface area (Å²) in [6.07, 6.45) is 0. The number of hydrogen-bond donors (Lipinski definition) is 0. The van der Waals surface area contributed by atoms with E-state index in [1.807, 2.05) is 43.3 Å². The summed E-state index contributed by atoms with van der Waals surface area (Å²) >= 11 is 0. The molecule has 0 aromatic heterocycles. The van der Waals surface area contributed by atoms with Crippen LogP contribution in [-0.2, 0) is 6.54 Å². The molecule has 1 fully saturated rings. The fraction of sp³-hybridized carbons (Fsp3) is 0.562. The lowest BCUT2D eigenvalue weighted by molar-refractivity contribution is 0.0533. The van der Waals surface area contributed by atoms with Crippen molar-refractivity contribution < 1.29 is 4.79 Å². The fourth-order valence-electron chi connectivity index (χ4n) is 2.73. The summed E-state index contributed by atoms with van der Waals surface area (Å²) in [5.41, 5.74) is 2.03. The number of amides is 1. The van der Waals surface area contributed by atoms with Gasteiger partial charge in [0.25, 0.3) is 5.91 Å². The van der Waals surface area contributed by atoms with Crippen LogP contribution in [0.1, 0.15) is 22.8 Å². The van der Waals surface area contributed by atoms with Crippen LogP contribution in [0.2, 0.25) is 0 Å². The van der Waals surface area contributed by atoms with Crippen molar-refractivity contribution in [3.8, 4) is 0 Å². The molecule has 1 atom stereocenters. The molecule has 1 aromatic carbocycles. The van der Waals surface area contributed by atoms with E-state index in [-0.39, 0.29) is 11.9 Å². The number of carbonyl (C=O) groups excluding carboxylic acids is 1. The molecule has 20 heavy (non-hydrogen) atoms. The molecule has 0 radical (unpaired) electrons. The van der Waals surface area contributed by atoms with Gasteiger partial charge in [-0.15, -0.1) is 0 Å². The van der Waals surface area contributed by atoms with Crippen molar-refractivity contribution in [1.82, 2.24) is 14.7 Å². The van der Waals surface area contributed by atoms with E-state index in [2.05, 4.69) is 23.8 Å². The first-order valence-electron chi connectivity index (χ1n) is 7.20. The monoisotopic (exact) mass is 275 g/mol. The third-order valence-corrected chi connectivity index (χ3v) is 3.79. The third-order valence-electron chi connectivity index (χ3n) is 3.79. The topological polar surface area (TPSA) is 26.8 Å². The quantitative estimate of drug-likeness (QED) is 0.837. The van der Waals surface area contributed by atoms with Gasteiger partial charge >= 0.3 is 0 Å². The molecular weight excluding hydrogens is 250 g/mol. The smallest absolute Gasteiger partial charge is 0.254 e. The second-order valence-electron chi connectivity index (χ2n) is 6.04. The minimum Gasteiger partial charge on any atom is -0.333 e. The Kier molecular flexibility index (Phi) is 4.78. The lowest BCUT2D eigenvalue weighted by atomic mass is 10.1. The van der Waals surface area contributed by atoms with Crippen LogP contribution >= 0.6 is 0 Å². The summed E-state index contributed by atoms with van der Waals surface area (Å²) in [7, 11) is 6.20. The van der Waals surface area contributed by atoms with Gasteiger partial charge in [-0.05, 0) is 45.8 Å². The van der Waals surface area contributed by atoms with E-state index in [0.717, 1.165) is 31.7 Å². The summed E-state index contributed by atoms with van der Waals surface area (Å²) in [4.78, 5) is 18.9. The molecule has 0 aliphatic carbocycles. The van der Waals surface area contributed by atoms with Crippen molar-refractivity contribution in [3.63, 3.8) is 0 Å². The molecule has 2 rings (SSSR count). The van der Waals surface area contributed by atoms with Gasteiger partial charge in [-0.3, -0.25) is 4.79 Å². The minimum atomic E-state index is 0.155. The average Bonchev–Trinajstić information content (AvgIpc) is 2.38. The Balaban J connectivity index is 2.05. The predicted octanol–water partition coefficient (Wildman–Crippen LogP) is 1.52. The maximum absolute atomic E-state index is 12.5. The van der Waals surface area contributed by atoms with Gasteiger partial charge in [0.05, 0.1) is 0 Å². The van der Waals surface area contributed by atoms with E-state index < -0.39 is 0 Å².